The number of nitriles is 1. The van der Waals surface area contributed by atoms with Gasteiger partial charge in [-0.1, -0.05) is 12.1 Å². The maximum Gasteiger partial charge on any atom is 0.155 e. The molecule has 2 aromatic heterocycles. The summed E-state index contributed by atoms with van der Waals surface area (Å²) in [5.41, 5.74) is 1.81. The number of aromatic nitrogens is 4. The van der Waals surface area contributed by atoms with E-state index >= 15 is 0 Å². The first-order chi connectivity index (χ1) is 9.31. The molecule has 0 saturated heterocycles. The fourth-order valence-corrected chi connectivity index (χ4v) is 2.51. The van der Waals surface area contributed by atoms with E-state index in [1.807, 2.05) is 28.8 Å². The predicted octanol–water partition coefficient (Wildman–Crippen LogP) is 2.49. The van der Waals surface area contributed by atoms with Crippen LogP contribution >= 0.6 is 22.6 Å². The Labute approximate surface area is 123 Å². The van der Waals surface area contributed by atoms with E-state index < -0.39 is 0 Å². The van der Waals surface area contributed by atoms with Crippen LogP contribution in [-0.2, 0) is 6.42 Å². The Balaban J connectivity index is 2.35. The number of halogens is 1. The second kappa shape index (κ2) is 4.93. The summed E-state index contributed by atoms with van der Waals surface area (Å²) in [5.74, 6) is 1.45. The summed E-state index contributed by atoms with van der Waals surface area (Å²) in [6.45, 7) is 0. The second-order valence-electron chi connectivity index (χ2n) is 3.88. The summed E-state index contributed by atoms with van der Waals surface area (Å²) in [6.07, 6.45) is 3.49. The minimum Gasteiger partial charge on any atom is -0.278 e. The van der Waals surface area contributed by atoms with Crippen LogP contribution in [0.2, 0.25) is 0 Å². The summed E-state index contributed by atoms with van der Waals surface area (Å²) >= 11 is 2.18. The predicted molar refractivity (Wildman–Crippen MR) is 78.7 cm³/mol. The number of rotatable bonds is 2. The lowest BCUT2D eigenvalue weighted by Gasteiger charge is -2.07. The van der Waals surface area contributed by atoms with Crippen molar-refractivity contribution in [2.75, 3.05) is 0 Å². The quantitative estimate of drug-likeness (QED) is 0.658. The zero-order valence-electron chi connectivity index (χ0n) is 9.79. The highest BCUT2D eigenvalue weighted by atomic mass is 127. The number of benzene rings is 1. The molecule has 1 aromatic carbocycles. The van der Waals surface area contributed by atoms with Gasteiger partial charge in [0.05, 0.1) is 27.1 Å². The lowest BCUT2D eigenvalue weighted by molar-refractivity contribution is 0.904. The van der Waals surface area contributed by atoms with Crippen LogP contribution in [0.15, 0.2) is 36.8 Å². The van der Waals surface area contributed by atoms with E-state index in [2.05, 4.69) is 43.6 Å². The maximum atomic E-state index is 8.95. The monoisotopic (exact) mass is 361 g/mol. The first-order valence-corrected chi connectivity index (χ1v) is 6.68. The third-order valence-electron chi connectivity index (χ3n) is 2.73. The Morgan fingerprint density at radius 3 is 2.95 bits per heavy atom. The average molecular weight is 361 g/mol. The van der Waals surface area contributed by atoms with Gasteiger partial charge in [-0.05, 0) is 34.7 Å². The van der Waals surface area contributed by atoms with E-state index in [1.165, 1.54) is 6.33 Å². The van der Waals surface area contributed by atoms with Gasteiger partial charge in [0.1, 0.15) is 12.2 Å². The minimum absolute atomic E-state index is 0.245. The molecule has 0 aliphatic rings. The van der Waals surface area contributed by atoms with E-state index in [0.29, 0.717) is 5.82 Å². The lowest BCUT2D eigenvalue weighted by atomic mass is 10.3. The van der Waals surface area contributed by atoms with E-state index in [9.17, 15) is 0 Å². The van der Waals surface area contributed by atoms with Gasteiger partial charge in [-0.25, -0.2) is 15.0 Å². The van der Waals surface area contributed by atoms with Crippen molar-refractivity contribution in [1.29, 1.82) is 5.26 Å². The molecule has 0 bridgehead atoms. The van der Waals surface area contributed by atoms with Crippen molar-refractivity contribution in [2.24, 2.45) is 0 Å². The second-order valence-corrected chi connectivity index (χ2v) is 5.04. The molecular weight excluding hydrogens is 353 g/mol. The number of hydrogen-bond acceptors (Lipinski definition) is 4. The minimum atomic E-state index is 0.245. The maximum absolute atomic E-state index is 8.95. The van der Waals surface area contributed by atoms with Crippen LogP contribution in [0.4, 0.5) is 0 Å². The molecule has 0 N–H and O–H groups in total. The van der Waals surface area contributed by atoms with Gasteiger partial charge in [0, 0.05) is 6.20 Å². The molecule has 2 heterocycles. The summed E-state index contributed by atoms with van der Waals surface area (Å²) in [6, 6.07) is 9.93. The molecule has 0 atom stereocenters. The van der Waals surface area contributed by atoms with Gasteiger partial charge in [-0.2, -0.15) is 5.26 Å². The van der Waals surface area contributed by atoms with Crippen LogP contribution in [0.5, 0.6) is 0 Å². The molecule has 92 valence electrons. The van der Waals surface area contributed by atoms with Crippen molar-refractivity contribution in [3.63, 3.8) is 0 Å². The Bertz CT molecular complexity index is 787. The Hall–Kier alpha value is -2.01. The first kappa shape index (κ1) is 12.0. The Morgan fingerprint density at radius 1 is 1.32 bits per heavy atom. The van der Waals surface area contributed by atoms with Gasteiger partial charge in [-0.15, -0.1) is 0 Å². The largest absolute Gasteiger partial charge is 0.278 e. The number of imidazole rings is 1. The number of fused-ring (bicyclic) bond motifs is 1. The van der Waals surface area contributed by atoms with Gasteiger partial charge >= 0.3 is 0 Å². The molecule has 19 heavy (non-hydrogen) atoms. The van der Waals surface area contributed by atoms with Crippen molar-refractivity contribution in [2.45, 2.75) is 6.42 Å². The van der Waals surface area contributed by atoms with E-state index in [4.69, 9.17) is 5.26 Å². The Kier molecular flexibility index (Phi) is 3.13. The molecule has 3 rings (SSSR count). The fraction of sp³-hybridized carbons (Fsp3) is 0.0769. The van der Waals surface area contributed by atoms with E-state index in [0.717, 1.165) is 20.4 Å². The smallest absolute Gasteiger partial charge is 0.155 e. The highest BCUT2D eigenvalue weighted by Gasteiger charge is 2.14. The summed E-state index contributed by atoms with van der Waals surface area (Å²) in [7, 11) is 0. The zero-order chi connectivity index (χ0) is 13.2. The van der Waals surface area contributed by atoms with Crippen molar-refractivity contribution in [3.05, 3.63) is 46.2 Å². The first-order valence-electron chi connectivity index (χ1n) is 5.60. The van der Waals surface area contributed by atoms with Crippen LogP contribution in [0, 0.1) is 14.9 Å². The average Bonchev–Trinajstić information content (AvgIpc) is 2.78. The topological polar surface area (TPSA) is 67.4 Å². The normalized spacial score (nSPS) is 10.5. The Morgan fingerprint density at radius 2 is 2.16 bits per heavy atom. The molecule has 0 spiro atoms. The number of para-hydroxylation sites is 2. The standard InChI is InChI=1S/C13H8IN5/c14-9-7-16-8-17-13(9)19-11-4-2-1-3-10(11)18-12(19)5-6-15/h1-4,7-8H,5H2. The third kappa shape index (κ3) is 2.06. The van der Waals surface area contributed by atoms with Crippen molar-refractivity contribution in [3.8, 4) is 11.9 Å². The molecule has 0 fully saturated rings. The third-order valence-corrected chi connectivity index (χ3v) is 3.49. The summed E-state index contributed by atoms with van der Waals surface area (Å²) < 4.78 is 2.84. The fourth-order valence-electron chi connectivity index (χ4n) is 1.97. The lowest BCUT2D eigenvalue weighted by Crippen LogP contribution is -2.05. The van der Waals surface area contributed by atoms with Gasteiger partial charge in [0.25, 0.3) is 0 Å². The van der Waals surface area contributed by atoms with Crippen LogP contribution < -0.4 is 0 Å². The van der Waals surface area contributed by atoms with Gasteiger partial charge in [-0.3, -0.25) is 4.57 Å². The van der Waals surface area contributed by atoms with Crippen molar-refractivity contribution >= 4 is 33.6 Å². The van der Waals surface area contributed by atoms with E-state index in [-0.39, 0.29) is 6.42 Å². The van der Waals surface area contributed by atoms with Crippen LogP contribution in [-0.4, -0.2) is 19.5 Å². The van der Waals surface area contributed by atoms with Gasteiger partial charge < -0.3 is 0 Å². The molecule has 0 unspecified atom stereocenters. The zero-order valence-corrected chi connectivity index (χ0v) is 11.9. The van der Waals surface area contributed by atoms with E-state index in [1.54, 1.807) is 6.20 Å². The molecule has 0 aliphatic heterocycles. The molecule has 0 aliphatic carbocycles. The molecule has 3 aromatic rings. The molecule has 0 saturated carbocycles. The van der Waals surface area contributed by atoms with Crippen LogP contribution in [0.3, 0.4) is 0 Å². The summed E-state index contributed by atoms with van der Waals surface area (Å²) in [4.78, 5) is 12.8. The molecule has 0 amide bonds. The van der Waals surface area contributed by atoms with Crippen molar-refractivity contribution < 1.29 is 0 Å². The SMILES string of the molecule is N#CCc1nc2ccccc2n1-c1ncncc1I. The van der Waals surface area contributed by atoms with Crippen LogP contribution in [0.1, 0.15) is 5.82 Å². The highest BCUT2D eigenvalue weighted by molar-refractivity contribution is 14.1. The van der Waals surface area contributed by atoms with Gasteiger partial charge in [0.2, 0.25) is 0 Å². The molecular formula is C13H8IN5. The van der Waals surface area contributed by atoms with Gasteiger partial charge in [0.15, 0.2) is 5.82 Å². The number of nitrogens with zero attached hydrogens (tertiary/aromatic N) is 5. The highest BCUT2D eigenvalue weighted by Crippen LogP contribution is 2.23. The van der Waals surface area contributed by atoms with Crippen LogP contribution in [0.25, 0.3) is 16.9 Å². The number of hydrogen-bond donors (Lipinski definition) is 0. The van der Waals surface area contributed by atoms with Crippen molar-refractivity contribution in [1.82, 2.24) is 19.5 Å². The molecule has 6 heteroatoms. The summed E-state index contributed by atoms with van der Waals surface area (Å²) in [5, 5.41) is 8.95. The molecule has 0 radical (unpaired) electrons. The molecule has 5 nitrogen and oxygen atoms in total.